The lowest BCUT2D eigenvalue weighted by molar-refractivity contribution is 0.416. The Morgan fingerprint density at radius 1 is 1.08 bits per heavy atom. The molecule has 2 N–H and O–H groups in total. The molecule has 3 aromatic rings. The number of aromatic nitrogens is 2. The maximum absolute atomic E-state index is 4.59. The smallest absolute Gasteiger partial charge is 0.137 e. The predicted molar refractivity (Wildman–Crippen MR) is 102 cm³/mol. The molecular weight excluding hydrogens is 308 g/mol. The summed E-state index contributed by atoms with van der Waals surface area (Å²) in [5.41, 5.74) is 5.07. The molecule has 3 heterocycles. The van der Waals surface area contributed by atoms with Crippen LogP contribution in [0.3, 0.4) is 0 Å². The number of hydrogen-bond acceptors (Lipinski definition) is 3. The lowest BCUT2D eigenvalue weighted by atomic mass is 10.0. The molecule has 0 radical (unpaired) electrons. The van der Waals surface area contributed by atoms with Crippen LogP contribution in [0.2, 0.25) is 0 Å². The molecule has 1 aromatic carbocycles. The number of pyridine rings is 1. The zero-order valence-corrected chi connectivity index (χ0v) is 14.6. The number of benzene rings is 1. The van der Waals surface area contributed by atoms with Gasteiger partial charge in [-0.05, 0) is 42.7 Å². The molecule has 0 aliphatic carbocycles. The molecule has 0 spiro atoms. The third kappa shape index (κ3) is 3.36. The molecule has 1 aliphatic rings. The van der Waals surface area contributed by atoms with Gasteiger partial charge in [-0.1, -0.05) is 36.4 Å². The average Bonchev–Trinajstić information content (AvgIpc) is 3.00. The molecule has 1 saturated heterocycles. The van der Waals surface area contributed by atoms with Crippen molar-refractivity contribution in [3.63, 3.8) is 0 Å². The molecule has 4 heteroatoms. The van der Waals surface area contributed by atoms with E-state index in [0.29, 0.717) is 6.04 Å². The van der Waals surface area contributed by atoms with Crippen molar-refractivity contribution in [1.29, 1.82) is 0 Å². The van der Waals surface area contributed by atoms with Crippen molar-refractivity contribution in [3.8, 4) is 17.1 Å². The molecule has 1 atom stereocenters. The lowest BCUT2D eigenvalue weighted by Gasteiger charge is -2.24. The van der Waals surface area contributed by atoms with E-state index in [4.69, 9.17) is 0 Å². The molecule has 1 unspecified atom stereocenters. The first-order chi connectivity index (χ1) is 12.3. The van der Waals surface area contributed by atoms with Gasteiger partial charge in [-0.2, -0.15) is 0 Å². The molecule has 2 aromatic heterocycles. The fourth-order valence-electron chi connectivity index (χ4n) is 3.59. The summed E-state index contributed by atoms with van der Waals surface area (Å²) in [6.07, 6.45) is 2.88. The van der Waals surface area contributed by atoms with Crippen molar-refractivity contribution in [3.05, 3.63) is 72.1 Å². The fourth-order valence-corrected chi connectivity index (χ4v) is 3.59. The largest absolute Gasteiger partial charge is 0.314 e. The molecule has 4 rings (SSSR count). The molecule has 128 valence electrons. The Morgan fingerprint density at radius 2 is 1.92 bits per heavy atom. The molecule has 1 fully saturated rings. The Hall–Kier alpha value is -2.43. The SMILES string of the molecule is Cc1c(CC2CNCCN2)cc(-c2ccccc2)n1-c1ccccn1. The topological polar surface area (TPSA) is 41.9 Å². The van der Waals surface area contributed by atoms with Crippen LogP contribution in [0.25, 0.3) is 17.1 Å². The normalized spacial score (nSPS) is 17.6. The fraction of sp³-hybridized carbons (Fsp3) is 0.286. The molecule has 0 bridgehead atoms. The Morgan fingerprint density at radius 3 is 2.64 bits per heavy atom. The predicted octanol–water partition coefficient (Wildman–Crippen LogP) is 2.95. The second-order valence-electron chi connectivity index (χ2n) is 6.59. The van der Waals surface area contributed by atoms with Crippen LogP contribution in [0.1, 0.15) is 11.3 Å². The first-order valence-electron chi connectivity index (χ1n) is 8.95. The summed E-state index contributed by atoms with van der Waals surface area (Å²) in [5, 5.41) is 7.09. The number of hydrogen-bond donors (Lipinski definition) is 2. The molecular formula is C21H24N4. The second kappa shape index (κ2) is 7.21. The third-order valence-electron chi connectivity index (χ3n) is 4.89. The number of nitrogens with one attached hydrogen (secondary N) is 2. The van der Waals surface area contributed by atoms with Crippen molar-refractivity contribution in [2.45, 2.75) is 19.4 Å². The van der Waals surface area contributed by atoms with Gasteiger partial charge >= 0.3 is 0 Å². The first-order valence-corrected chi connectivity index (χ1v) is 8.95. The lowest BCUT2D eigenvalue weighted by Crippen LogP contribution is -2.49. The number of piperazine rings is 1. The maximum atomic E-state index is 4.59. The molecule has 1 aliphatic heterocycles. The average molecular weight is 332 g/mol. The van der Waals surface area contributed by atoms with Crippen LogP contribution in [0.15, 0.2) is 60.8 Å². The van der Waals surface area contributed by atoms with E-state index in [1.54, 1.807) is 0 Å². The van der Waals surface area contributed by atoms with Crippen molar-refractivity contribution < 1.29 is 0 Å². The van der Waals surface area contributed by atoms with Crippen molar-refractivity contribution >= 4 is 0 Å². The number of nitrogens with zero attached hydrogens (tertiary/aromatic N) is 2. The Bertz CT molecular complexity index is 818. The highest BCUT2D eigenvalue weighted by Gasteiger charge is 2.19. The molecule has 0 saturated carbocycles. The second-order valence-corrected chi connectivity index (χ2v) is 6.59. The summed E-state index contributed by atoms with van der Waals surface area (Å²) in [6.45, 7) is 5.32. The van der Waals surface area contributed by atoms with Gasteiger partial charge in [0, 0.05) is 37.6 Å². The van der Waals surface area contributed by atoms with Gasteiger partial charge < -0.3 is 10.6 Å². The van der Waals surface area contributed by atoms with E-state index in [1.807, 2.05) is 18.3 Å². The van der Waals surface area contributed by atoms with Crippen molar-refractivity contribution in [2.24, 2.45) is 0 Å². The zero-order chi connectivity index (χ0) is 17.1. The Labute approximate surface area is 148 Å². The van der Waals surface area contributed by atoms with Gasteiger partial charge in [0.1, 0.15) is 5.82 Å². The van der Waals surface area contributed by atoms with E-state index in [1.165, 1.54) is 22.5 Å². The summed E-state index contributed by atoms with van der Waals surface area (Å²) in [7, 11) is 0. The molecule has 0 amide bonds. The highest BCUT2D eigenvalue weighted by atomic mass is 15.1. The van der Waals surface area contributed by atoms with Crippen LogP contribution in [0.5, 0.6) is 0 Å². The highest BCUT2D eigenvalue weighted by Crippen LogP contribution is 2.29. The first kappa shape index (κ1) is 16.1. The molecule has 4 nitrogen and oxygen atoms in total. The number of rotatable bonds is 4. The maximum Gasteiger partial charge on any atom is 0.137 e. The van der Waals surface area contributed by atoms with Gasteiger partial charge in [-0.25, -0.2) is 4.98 Å². The Balaban J connectivity index is 1.77. The van der Waals surface area contributed by atoms with Gasteiger partial charge in [-0.3, -0.25) is 4.57 Å². The highest BCUT2D eigenvalue weighted by molar-refractivity contribution is 5.65. The quantitative estimate of drug-likeness (QED) is 0.772. The van der Waals surface area contributed by atoms with E-state index >= 15 is 0 Å². The summed E-state index contributed by atoms with van der Waals surface area (Å²) < 4.78 is 2.28. The summed E-state index contributed by atoms with van der Waals surface area (Å²) in [5.74, 6) is 0.972. The molecule has 25 heavy (non-hydrogen) atoms. The van der Waals surface area contributed by atoms with Gasteiger partial charge in [0.05, 0.1) is 5.69 Å². The van der Waals surface area contributed by atoms with Gasteiger partial charge in [0.25, 0.3) is 0 Å². The van der Waals surface area contributed by atoms with E-state index in [9.17, 15) is 0 Å². The van der Waals surface area contributed by atoms with Crippen LogP contribution in [0, 0.1) is 6.92 Å². The van der Waals surface area contributed by atoms with Crippen LogP contribution in [0.4, 0.5) is 0 Å². The van der Waals surface area contributed by atoms with Crippen LogP contribution in [-0.4, -0.2) is 35.2 Å². The minimum absolute atomic E-state index is 0.482. The van der Waals surface area contributed by atoms with Crippen LogP contribution >= 0.6 is 0 Å². The van der Waals surface area contributed by atoms with E-state index in [0.717, 1.165) is 31.9 Å². The summed E-state index contributed by atoms with van der Waals surface area (Å²) in [4.78, 5) is 4.59. The van der Waals surface area contributed by atoms with E-state index in [2.05, 4.69) is 69.6 Å². The van der Waals surface area contributed by atoms with Gasteiger partial charge in [-0.15, -0.1) is 0 Å². The van der Waals surface area contributed by atoms with Crippen LogP contribution < -0.4 is 10.6 Å². The van der Waals surface area contributed by atoms with E-state index in [-0.39, 0.29) is 0 Å². The minimum Gasteiger partial charge on any atom is -0.314 e. The standard InChI is InChI=1S/C21H24N4/c1-16-18(13-19-15-22-11-12-23-19)14-20(17-7-3-2-4-8-17)25(16)21-9-5-6-10-24-21/h2-10,14,19,22-23H,11-13,15H2,1H3. The van der Waals surface area contributed by atoms with Crippen molar-refractivity contribution in [1.82, 2.24) is 20.2 Å². The minimum atomic E-state index is 0.482. The summed E-state index contributed by atoms with van der Waals surface area (Å²) >= 11 is 0. The Kier molecular flexibility index (Phi) is 4.63. The zero-order valence-electron chi connectivity index (χ0n) is 14.6. The summed E-state index contributed by atoms with van der Waals surface area (Å²) in [6, 6.07) is 19.5. The van der Waals surface area contributed by atoms with Crippen LogP contribution in [-0.2, 0) is 6.42 Å². The van der Waals surface area contributed by atoms with E-state index < -0.39 is 0 Å². The monoisotopic (exact) mass is 332 g/mol. The van der Waals surface area contributed by atoms with Gasteiger partial charge in [0.15, 0.2) is 0 Å². The third-order valence-corrected chi connectivity index (χ3v) is 4.89. The van der Waals surface area contributed by atoms with Crippen molar-refractivity contribution in [2.75, 3.05) is 19.6 Å². The van der Waals surface area contributed by atoms with Gasteiger partial charge in [0.2, 0.25) is 0 Å².